The van der Waals surface area contributed by atoms with Gasteiger partial charge in [0.1, 0.15) is 6.10 Å². The van der Waals surface area contributed by atoms with Gasteiger partial charge in [0.2, 0.25) is 0 Å². The van der Waals surface area contributed by atoms with Crippen LogP contribution in [0.3, 0.4) is 0 Å². The number of carbonyl (C=O) groups excluding carboxylic acids is 3. The summed E-state index contributed by atoms with van der Waals surface area (Å²) in [5.41, 5.74) is -0.349. The normalized spacial score (nSPS) is 24.8. The average molecular weight is 362 g/mol. The molecule has 2 aliphatic rings. The summed E-state index contributed by atoms with van der Waals surface area (Å²) in [6.07, 6.45) is -3.59. The van der Waals surface area contributed by atoms with E-state index in [1.807, 2.05) is 0 Å². The minimum atomic E-state index is -1.46. The van der Waals surface area contributed by atoms with Crippen LogP contribution in [0.25, 0.3) is 0 Å². The van der Waals surface area contributed by atoms with Gasteiger partial charge in [-0.1, -0.05) is 0 Å². The summed E-state index contributed by atoms with van der Waals surface area (Å²) in [5, 5.41) is 20.8. The zero-order chi connectivity index (χ0) is 19.2. The van der Waals surface area contributed by atoms with E-state index in [0.717, 1.165) is 0 Å². The lowest BCUT2D eigenvalue weighted by molar-refractivity contribution is -0.148. The summed E-state index contributed by atoms with van der Waals surface area (Å²) < 4.78 is 15.1. The number of hydrogen-bond donors (Lipinski definition) is 2. The van der Waals surface area contributed by atoms with Crippen molar-refractivity contribution in [3.8, 4) is 11.5 Å². The van der Waals surface area contributed by atoms with Gasteiger partial charge in [-0.25, -0.2) is 0 Å². The number of phenols is 1. The third-order valence-corrected chi connectivity index (χ3v) is 4.64. The molecule has 0 saturated carbocycles. The molecular formula is C18H18O8. The number of fused-ring (bicyclic) bond motifs is 1. The van der Waals surface area contributed by atoms with Gasteiger partial charge in [0.15, 0.2) is 23.1 Å². The van der Waals surface area contributed by atoms with E-state index >= 15 is 0 Å². The Labute approximate surface area is 149 Å². The van der Waals surface area contributed by atoms with Crippen LogP contribution < -0.4 is 4.74 Å². The van der Waals surface area contributed by atoms with E-state index < -0.39 is 41.6 Å². The Balaban J connectivity index is 2.11. The third kappa shape index (κ3) is 2.58. The molecule has 8 heteroatoms. The fourth-order valence-electron chi connectivity index (χ4n) is 3.38. The molecule has 0 fully saturated rings. The van der Waals surface area contributed by atoms with Crippen molar-refractivity contribution < 1.29 is 38.8 Å². The molecule has 8 nitrogen and oxygen atoms in total. The van der Waals surface area contributed by atoms with Crippen LogP contribution >= 0.6 is 0 Å². The van der Waals surface area contributed by atoms with E-state index in [1.54, 1.807) is 6.92 Å². The Hall–Kier alpha value is -2.71. The van der Waals surface area contributed by atoms with Gasteiger partial charge < -0.3 is 24.4 Å². The van der Waals surface area contributed by atoms with Crippen molar-refractivity contribution in [1.82, 2.24) is 0 Å². The van der Waals surface area contributed by atoms with Crippen molar-refractivity contribution in [2.24, 2.45) is 0 Å². The van der Waals surface area contributed by atoms with Crippen LogP contribution in [0.15, 0.2) is 23.3 Å². The van der Waals surface area contributed by atoms with Crippen molar-refractivity contribution in [2.45, 2.75) is 31.7 Å². The third-order valence-electron chi connectivity index (χ3n) is 4.64. The fourth-order valence-corrected chi connectivity index (χ4v) is 3.38. The van der Waals surface area contributed by atoms with Crippen LogP contribution in [0.5, 0.6) is 11.5 Å². The number of phenolic OH excluding ortho intramolecular Hbond substituents is 1. The monoisotopic (exact) mass is 362 g/mol. The number of methoxy groups -OCH3 is 2. The number of ketones is 2. The summed E-state index contributed by atoms with van der Waals surface area (Å²) in [6.45, 7) is 1.54. The van der Waals surface area contributed by atoms with Crippen molar-refractivity contribution in [2.75, 3.05) is 14.2 Å². The van der Waals surface area contributed by atoms with Crippen LogP contribution in [0.4, 0.5) is 0 Å². The lowest BCUT2D eigenvalue weighted by Crippen LogP contribution is -2.47. The van der Waals surface area contributed by atoms with Gasteiger partial charge in [0.05, 0.1) is 38.4 Å². The van der Waals surface area contributed by atoms with Gasteiger partial charge in [0.25, 0.3) is 0 Å². The maximum atomic E-state index is 12.9. The van der Waals surface area contributed by atoms with E-state index in [0.29, 0.717) is 0 Å². The molecule has 0 bridgehead atoms. The van der Waals surface area contributed by atoms with Gasteiger partial charge in [0, 0.05) is 16.7 Å². The number of benzene rings is 1. The molecule has 138 valence electrons. The summed E-state index contributed by atoms with van der Waals surface area (Å²) in [7, 11) is 2.53. The molecule has 0 spiro atoms. The second-order valence-electron chi connectivity index (χ2n) is 6.07. The Morgan fingerprint density at radius 1 is 1.19 bits per heavy atom. The number of hydrogen-bond acceptors (Lipinski definition) is 8. The molecule has 0 unspecified atom stereocenters. The first-order valence-electron chi connectivity index (χ1n) is 7.95. The second-order valence-corrected chi connectivity index (χ2v) is 6.07. The highest BCUT2D eigenvalue weighted by molar-refractivity contribution is 6.29. The van der Waals surface area contributed by atoms with E-state index in [4.69, 9.17) is 9.47 Å². The maximum Gasteiger partial charge on any atom is 0.308 e. The molecule has 0 radical (unpaired) electrons. The fraction of sp³-hybridized carbons (Fsp3) is 0.389. The van der Waals surface area contributed by atoms with Crippen LogP contribution in [0, 0.1) is 0 Å². The van der Waals surface area contributed by atoms with Gasteiger partial charge in [-0.15, -0.1) is 0 Å². The van der Waals surface area contributed by atoms with Crippen molar-refractivity contribution in [3.63, 3.8) is 0 Å². The second kappa shape index (κ2) is 6.54. The van der Waals surface area contributed by atoms with Crippen molar-refractivity contribution >= 4 is 17.5 Å². The van der Waals surface area contributed by atoms with E-state index in [-0.39, 0.29) is 34.4 Å². The molecule has 0 aromatic heterocycles. The Bertz CT molecular complexity index is 838. The number of Topliss-reactive ketones (excluding diaryl/α,β-unsaturated/α-hetero) is 2. The van der Waals surface area contributed by atoms with Crippen LogP contribution in [0.1, 0.15) is 34.1 Å². The van der Waals surface area contributed by atoms with Gasteiger partial charge in [-0.3, -0.25) is 14.4 Å². The molecule has 0 saturated heterocycles. The molecule has 1 aromatic carbocycles. The standard InChI is InChI=1S/C18H18O8/c1-7-12-14(17(22)10(26-7)6-11(19)25-3)15(20)8-4-5-9(24-2)16(21)13(8)18(12)23/h4-5,7,10,17,21-22H,6H2,1-3H3/t7-,10-,17+/m1/s1. The number of aliphatic hydroxyl groups is 1. The first-order chi connectivity index (χ1) is 12.3. The Kier molecular flexibility index (Phi) is 4.55. The summed E-state index contributed by atoms with van der Waals surface area (Å²) in [6, 6.07) is 2.73. The highest BCUT2D eigenvalue weighted by Gasteiger charge is 2.46. The number of aliphatic hydroxyl groups excluding tert-OH is 1. The highest BCUT2D eigenvalue weighted by Crippen LogP contribution is 2.42. The van der Waals surface area contributed by atoms with E-state index in [2.05, 4.69) is 4.74 Å². The van der Waals surface area contributed by atoms with E-state index in [1.165, 1.54) is 26.4 Å². The summed E-state index contributed by atoms with van der Waals surface area (Å²) in [4.78, 5) is 37.4. The number of carbonyl (C=O) groups is 3. The molecule has 1 aliphatic carbocycles. The smallest absolute Gasteiger partial charge is 0.308 e. The highest BCUT2D eigenvalue weighted by atomic mass is 16.5. The zero-order valence-electron chi connectivity index (χ0n) is 14.4. The van der Waals surface area contributed by atoms with Gasteiger partial charge in [-0.05, 0) is 19.1 Å². The lowest BCUT2D eigenvalue weighted by atomic mass is 9.76. The van der Waals surface area contributed by atoms with Crippen molar-refractivity contribution in [1.29, 1.82) is 0 Å². The first-order valence-corrected chi connectivity index (χ1v) is 7.95. The topological polar surface area (TPSA) is 119 Å². The number of aromatic hydroxyl groups is 1. The van der Waals surface area contributed by atoms with Crippen molar-refractivity contribution in [3.05, 3.63) is 34.4 Å². The minimum absolute atomic E-state index is 0.0281. The quantitative estimate of drug-likeness (QED) is 0.758. The molecular weight excluding hydrogens is 344 g/mol. The number of esters is 1. The molecule has 3 atom stereocenters. The van der Waals surface area contributed by atoms with Crippen LogP contribution in [-0.2, 0) is 14.3 Å². The predicted octanol–water partition coefficient (Wildman–Crippen LogP) is 0.788. The molecule has 3 rings (SSSR count). The summed E-state index contributed by atoms with van der Waals surface area (Å²) in [5.74, 6) is -2.20. The molecule has 0 amide bonds. The zero-order valence-corrected chi connectivity index (χ0v) is 14.4. The Morgan fingerprint density at radius 2 is 1.88 bits per heavy atom. The molecule has 2 N–H and O–H groups in total. The maximum absolute atomic E-state index is 12.9. The number of rotatable bonds is 3. The number of ether oxygens (including phenoxy) is 3. The molecule has 26 heavy (non-hydrogen) atoms. The molecule has 1 aliphatic heterocycles. The van der Waals surface area contributed by atoms with Crippen LogP contribution in [0.2, 0.25) is 0 Å². The Morgan fingerprint density at radius 3 is 2.50 bits per heavy atom. The first kappa shape index (κ1) is 18.1. The van der Waals surface area contributed by atoms with Crippen LogP contribution in [-0.4, -0.2) is 60.3 Å². The molecule has 1 aromatic rings. The van der Waals surface area contributed by atoms with Gasteiger partial charge in [-0.2, -0.15) is 0 Å². The largest absolute Gasteiger partial charge is 0.504 e. The average Bonchev–Trinajstić information content (AvgIpc) is 2.61. The van der Waals surface area contributed by atoms with E-state index in [9.17, 15) is 24.6 Å². The lowest BCUT2D eigenvalue weighted by Gasteiger charge is -2.37. The minimum Gasteiger partial charge on any atom is -0.504 e. The SMILES string of the molecule is COC(=O)C[C@H]1O[C@H](C)C2=C(C(=O)c3ccc(OC)c(O)c3C2=O)[C@H]1O. The van der Waals surface area contributed by atoms with Gasteiger partial charge >= 0.3 is 5.97 Å². The predicted molar refractivity (Wildman–Crippen MR) is 87.3 cm³/mol. The molecule has 1 heterocycles. The summed E-state index contributed by atoms with van der Waals surface area (Å²) >= 11 is 0.